The lowest BCUT2D eigenvalue weighted by atomic mass is 9.95. The van der Waals surface area contributed by atoms with E-state index in [4.69, 9.17) is 29.2 Å². The molecule has 0 aromatic heterocycles. The van der Waals surface area contributed by atoms with Gasteiger partial charge in [-0.05, 0) is 56.1 Å². The van der Waals surface area contributed by atoms with Crippen molar-refractivity contribution < 1.29 is 32.7 Å². The summed E-state index contributed by atoms with van der Waals surface area (Å²) in [5.74, 6) is 2.30. The van der Waals surface area contributed by atoms with Crippen molar-refractivity contribution in [3.8, 4) is 28.7 Å². The van der Waals surface area contributed by atoms with E-state index in [1.54, 1.807) is 19.2 Å². The number of benzene rings is 2. The largest absolute Gasteiger partial charge is 0.493 e. The molecule has 1 aliphatic rings. The van der Waals surface area contributed by atoms with Crippen LogP contribution in [-0.2, 0) is 8.98 Å². The monoisotopic (exact) mass is 473 g/mol. The van der Waals surface area contributed by atoms with Gasteiger partial charge in [0, 0.05) is 12.0 Å². The summed E-state index contributed by atoms with van der Waals surface area (Å²) in [6.45, 7) is 3.87. The second-order valence-corrected chi connectivity index (χ2v) is 7.93. The Labute approximate surface area is 201 Å². The first-order chi connectivity index (χ1) is 16.4. The van der Waals surface area contributed by atoms with Crippen LogP contribution in [0.15, 0.2) is 30.3 Å². The van der Waals surface area contributed by atoms with Crippen LogP contribution in [0.4, 0.5) is 0 Å². The molecule has 0 fully saturated rings. The second kappa shape index (κ2) is 10.9. The van der Waals surface area contributed by atoms with Crippen molar-refractivity contribution >= 4 is 35.9 Å². The van der Waals surface area contributed by atoms with Gasteiger partial charge in [0.2, 0.25) is 12.8 Å². The van der Waals surface area contributed by atoms with Gasteiger partial charge in [-0.3, -0.25) is 4.79 Å². The Kier molecular flexibility index (Phi) is 7.72. The molecule has 0 amide bonds. The van der Waals surface area contributed by atoms with Crippen LogP contribution >= 0.6 is 11.9 Å². The summed E-state index contributed by atoms with van der Waals surface area (Å²) in [5, 5.41) is 0. The first-order valence-electron chi connectivity index (χ1n) is 10.9. The van der Waals surface area contributed by atoms with E-state index < -0.39 is 6.10 Å². The van der Waals surface area contributed by atoms with Crippen LogP contribution in [-0.4, -0.2) is 54.9 Å². The molecule has 0 N–H and O–H groups in total. The highest BCUT2D eigenvalue weighted by Gasteiger charge is 2.36. The van der Waals surface area contributed by atoms with E-state index in [2.05, 4.69) is 0 Å². The van der Waals surface area contributed by atoms with E-state index in [0.29, 0.717) is 46.3 Å². The molecule has 33 heavy (non-hydrogen) atoms. The Bertz CT molecular complexity index is 1050. The SMILES string of the molecule is [3H][B]SOC1CC(c2ccc(OC)c(OC(C)C)c2)=C(c2cc(OC)c(OC)c(OC)c2)C1=O. The number of hydrogen-bond donors (Lipinski definition) is 0. The summed E-state index contributed by atoms with van der Waals surface area (Å²) in [4.78, 5) is 13.5. The first-order valence-corrected chi connectivity index (χ1v) is 11.1. The van der Waals surface area contributed by atoms with Gasteiger partial charge in [0.1, 0.15) is 6.10 Å². The molecule has 1 radical (unpaired) electrons. The fourth-order valence-corrected chi connectivity index (χ4v) is 4.14. The van der Waals surface area contributed by atoms with Crippen molar-refractivity contribution in [1.82, 2.24) is 0 Å². The summed E-state index contributed by atoms with van der Waals surface area (Å²) in [7, 11) is 7.21. The average molecular weight is 473 g/mol. The zero-order valence-electron chi connectivity index (χ0n) is 20.6. The van der Waals surface area contributed by atoms with Crippen molar-refractivity contribution in [1.29, 1.82) is 1.34 Å². The minimum absolute atomic E-state index is 0.0574. The highest BCUT2D eigenvalue weighted by molar-refractivity contribution is 8.15. The highest BCUT2D eigenvalue weighted by atomic mass is 32.2. The van der Waals surface area contributed by atoms with Gasteiger partial charge in [0.15, 0.2) is 28.8 Å². The molecule has 9 heteroatoms. The number of hydrogen-bond acceptors (Lipinski definition) is 8. The topological polar surface area (TPSA) is 72.5 Å². The number of carbonyl (C=O) groups is 1. The molecule has 0 saturated carbocycles. The fraction of sp³-hybridized carbons (Fsp3) is 0.375. The molecule has 1 unspecified atom stereocenters. The molecule has 1 atom stereocenters. The van der Waals surface area contributed by atoms with E-state index in [-0.39, 0.29) is 11.9 Å². The standard InChI is InChI=1S/C24H28BO7S/c1-13(2)31-18-9-14(7-8-17(18)27-3)16-12-19(32-33-25)23(26)22(16)15-10-20(28-4)24(30-6)21(11-15)29-5/h7-11,13,19,25H,12H2,1-6H3/i25T. The molecule has 3 rings (SSSR count). The average Bonchev–Trinajstić information content (AvgIpc) is 3.17. The third-order valence-electron chi connectivity index (χ3n) is 5.23. The van der Waals surface area contributed by atoms with Crippen molar-refractivity contribution in [2.75, 3.05) is 28.4 Å². The third-order valence-corrected chi connectivity index (χ3v) is 5.57. The van der Waals surface area contributed by atoms with Crippen LogP contribution in [0.3, 0.4) is 0 Å². The quantitative estimate of drug-likeness (QED) is 0.355. The number of ketones is 1. The molecule has 1 aliphatic carbocycles. The van der Waals surface area contributed by atoms with Crippen LogP contribution < -0.4 is 23.7 Å². The Hall–Kier alpha value is -2.78. The predicted molar refractivity (Wildman–Crippen MR) is 131 cm³/mol. The van der Waals surface area contributed by atoms with Gasteiger partial charge in [-0.1, -0.05) is 18.0 Å². The number of rotatable bonds is 11. The maximum atomic E-state index is 13.5. The minimum atomic E-state index is -0.743. The van der Waals surface area contributed by atoms with Crippen LogP contribution in [0.2, 0.25) is 0 Å². The normalized spacial score (nSPS) is 16.0. The van der Waals surface area contributed by atoms with Crippen LogP contribution in [0.5, 0.6) is 28.7 Å². The number of carbonyl (C=O) groups excluding carboxylic acids is 1. The predicted octanol–water partition coefficient (Wildman–Crippen LogP) is 4.24. The second-order valence-electron chi connectivity index (χ2n) is 7.55. The van der Waals surface area contributed by atoms with Gasteiger partial charge in [-0.25, -0.2) is 0 Å². The fourth-order valence-electron chi connectivity index (χ4n) is 3.85. The zero-order valence-corrected chi connectivity index (χ0v) is 20.4. The molecule has 175 valence electrons. The molecule has 0 spiro atoms. The van der Waals surface area contributed by atoms with Crippen LogP contribution in [0.25, 0.3) is 11.1 Å². The van der Waals surface area contributed by atoms with Crippen molar-refractivity contribution in [2.24, 2.45) is 0 Å². The maximum Gasteiger partial charge on any atom is 0.209 e. The Morgan fingerprint density at radius 2 is 1.58 bits per heavy atom. The first kappa shape index (κ1) is 23.4. The lowest BCUT2D eigenvalue weighted by Crippen LogP contribution is -2.17. The number of Topliss-reactive ketones (excluding diaryl/α,β-unsaturated/α-hetero) is 1. The Morgan fingerprint density at radius 1 is 0.939 bits per heavy atom. The summed E-state index contributed by atoms with van der Waals surface area (Å²) in [6.07, 6.45) is -0.468. The Morgan fingerprint density at radius 3 is 2.12 bits per heavy atom. The van der Waals surface area contributed by atoms with Crippen LogP contribution in [0, 0.1) is 0 Å². The van der Waals surface area contributed by atoms with E-state index in [1.165, 1.54) is 21.3 Å². The highest BCUT2D eigenvalue weighted by Crippen LogP contribution is 2.46. The number of methoxy groups -OCH3 is 4. The summed E-state index contributed by atoms with van der Waals surface area (Å²) >= 11 is 0.823. The zero-order chi connectivity index (χ0) is 24.8. The molecule has 0 aliphatic heterocycles. The van der Waals surface area contributed by atoms with Gasteiger partial charge in [0.05, 0.1) is 34.5 Å². The lowest BCUT2D eigenvalue weighted by molar-refractivity contribution is -0.118. The number of ether oxygens (including phenoxy) is 5. The molecule has 0 heterocycles. The van der Waals surface area contributed by atoms with E-state index >= 15 is 0 Å². The molecule has 0 saturated heterocycles. The lowest BCUT2D eigenvalue weighted by Gasteiger charge is -2.17. The van der Waals surface area contributed by atoms with Gasteiger partial charge >= 0.3 is 0 Å². The summed E-state index contributed by atoms with van der Waals surface area (Å²) in [6, 6.07) is 9.06. The molecule has 2 aromatic rings. The molecular formula is C24H28BO7S. The summed E-state index contributed by atoms with van der Waals surface area (Å²) in [5.41, 5.74) is 2.68. The van der Waals surface area contributed by atoms with Gasteiger partial charge in [0.25, 0.3) is 0 Å². The van der Waals surface area contributed by atoms with E-state index in [0.717, 1.165) is 30.1 Å². The molecular weight excluding hydrogens is 443 g/mol. The van der Waals surface area contributed by atoms with Gasteiger partial charge < -0.3 is 27.9 Å². The summed E-state index contributed by atoms with van der Waals surface area (Å²) < 4.78 is 40.7. The van der Waals surface area contributed by atoms with Crippen LogP contribution in [0.1, 0.15) is 31.4 Å². The third kappa shape index (κ3) is 5.09. The van der Waals surface area contributed by atoms with Crippen molar-refractivity contribution in [3.63, 3.8) is 0 Å². The maximum absolute atomic E-state index is 13.5. The van der Waals surface area contributed by atoms with E-state index in [1.807, 2.05) is 32.0 Å². The van der Waals surface area contributed by atoms with Crippen molar-refractivity contribution in [2.45, 2.75) is 32.5 Å². The van der Waals surface area contributed by atoms with Gasteiger partial charge in [-0.15, -0.1) is 0 Å². The van der Waals surface area contributed by atoms with Crippen molar-refractivity contribution in [3.05, 3.63) is 41.5 Å². The smallest absolute Gasteiger partial charge is 0.209 e. The van der Waals surface area contributed by atoms with Gasteiger partial charge in [-0.2, -0.15) is 0 Å². The molecule has 7 nitrogen and oxygen atoms in total. The minimum Gasteiger partial charge on any atom is -0.493 e. The molecule has 0 bridgehead atoms. The van der Waals surface area contributed by atoms with E-state index in [9.17, 15) is 4.79 Å². The Balaban J connectivity index is 2.21. The molecule has 2 aromatic carbocycles.